The second-order valence-corrected chi connectivity index (χ2v) is 11.0. The van der Waals surface area contributed by atoms with Crippen LogP contribution in [0.2, 0.25) is 0 Å². The molecule has 0 bridgehead atoms. The molecule has 3 heterocycles. The van der Waals surface area contributed by atoms with Crippen LogP contribution in [-0.4, -0.2) is 28.0 Å². The third kappa shape index (κ3) is 5.48. The first kappa shape index (κ1) is 22.7. The van der Waals surface area contributed by atoms with Gasteiger partial charge in [0.1, 0.15) is 11.4 Å². The van der Waals surface area contributed by atoms with Gasteiger partial charge in [-0.25, -0.2) is 9.97 Å². The number of hydrogen-bond donors (Lipinski definition) is 1. The Hall–Kier alpha value is -2.44. The van der Waals surface area contributed by atoms with Gasteiger partial charge in [0.15, 0.2) is 5.13 Å². The van der Waals surface area contributed by atoms with Gasteiger partial charge in [-0.2, -0.15) is 0 Å². The molecule has 1 N–H and O–H groups in total. The zero-order chi connectivity index (χ0) is 22.7. The number of anilines is 2. The number of thiazole rings is 1. The summed E-state index contributed by atoms with van der Waals surface area (Å²) in [7, 11) is 0. The molecular weight excluding hydrogens is 416 g/mol. The number of nitrogens with one attached hydrogen (secondary N) is 1. The van der Waals surface area contributed by atoms with Crippen LogP contribution in [0.15, 0.2) is 42.6 Å². The normalized spacial score (nSPS) is 14.4. The van der Waals surface area contributed by atoms with E-state index in [0.29, 0.717) is 5.88 Å². The van der Waals surface area contributed by atoms with Crippen molar-refractivity contribution in [1.29, 1.82) is 0 Å². The summed E-state index contributed by atoms with van der Waals surface area (Å²) in [5.41, 5.74) is 3.19. The van der Waals surface area contributed by atoms with Crippen LogP contribution in [-0.2, 0) is 18.4 Å². The van der Waals surface area contributed by atoms with Crippen LogP contribution in [0.25, 0.3) is 0 Å². The minimum Gasteiger partial charge on any atom is -0.437 e. The molecule has 170 valence electrons. The van der Waals surface area contributed by atoms with E-state index >= 15 is 0 Å². The van der Waals surface area contributed by atoms with Gasteiger partial charge in [0.2, 0.25) is 5.88 Å². The van der Waals surface area contributed by atoms with Gasteiger partial charge in [0.25, 0.3) is 0 Å². The number of benzene rings is 1. The van der Waals surface area contributed by atoms with Gasteiger partial charge in [0, 0.05) is 36.1 Å². The van der Waals surface area contributed by atoms with E-state index < -0.39 is 0 Å². The molecule has 1 aliphatic rings. The van der Waals surface area contributed by atoms with E-state index in [-0.39, 0.29) is 5.41 Å². The van der Waals surface area contributed by atoms with Crippen LogP contribution >= 0.6 is 11.3 Å². The third-order valence-electron chi connectivity index (χ3n) is 5.75. The van der Waals surface area contributed by atoms with Crippen molar-refractivity contribution in [3.8, 4) is 11.6 Å². The highest BCUT2D eigenvalue weighted by molar-refractivity contribution is 7.15. The Morgan fingerprint density at radius 2 is 1.97 bits per heavy atom. The van der Waals surface area contributed by atoms with Crippen molar-refractivity contribution in [3.05, 3.63) is 58.7 Å². The van der Waals surface area contributed by atoms with Gasteiger partial charge in [-0.3, -0.25) is 4.90 Å². The average Bonchev–Trinajstić information content (AvgIpc) is 3.15. The minimum absolute atomic E-state index is 0.0191. The van der Waals surface area contributed by atoms with E-state index in [1.807, 2.05) is 24.3 Å². The lowest BCUT2D eigenvalue weighted by Gasteiger charge is -2.26. The van der Waals surface area contributed by atoms with Crippen molar-refractivity contribution >= 4 is 22.2 Å². The maximum Gasteiger partial charge on any atom is 0.243 e. The highest BCUT2D eigenvalue weighted by atomic mass is 32.1. The maximum absolute atomic E-state index is 6.31. The molecule has 0 radical (unpaired) electrons. The smallest absolute Gasteiger partial charge is 0.243 e. The number of para-hydroxylation sites is 1. The number of aromatic nitrogens is 2. The molecule has 6 heteroatoms. The molecule has 2 aromatic heterocycles. The van der Waals surface area contributed by atoms with Gasteiger partial charge in [-0.15, -0.1) is 11.3 Å². The largest absolute Gasteiger partial charge is 0.437 e. The second kappa shape index (κ2) is 9.59. The standard InChI is InChI=1S/C26H34N4OS/c1-18(2)12-15-30-16-13-20-23(17-30)32-25(28-20)29-21-10-8-14-27-24(21)31-22-11-7-6-9-19(22)26(3,4)5/h6-11,14,18H,12-13,15-17H2,1-5H3,(H,28,29). The Morgan fingerprint density at radius 3 is 2.75 bits per heavy atom. The van der Waals surface area contributed by atoms with Gasteiger partial charge in [0.05, 0.1) is 5.69 Å². The first-order chi connectivity index (χ1) is 15.3. The van der Waals surface area contributed by atoms with Crippen molar-refractivity contribution in [3.63, 3.8) is 0 Å². The van der Waals surface area contributed by atoms with E-state index in [0.717, 1.165) is 54.1 Å². The molecule has 0 amide bonds. The highest BCUT2D eigenvalue weighted by Crippen LogP contribution is 2.37. The molecule has 0 spiro atoms. The third-order valence-corrected chi connectivity index (χ3v) is 6.75. The molecule has 0 aliphatic carbocycles. The monoisotopic (exact) mass is 450 g/mol. The minimum atomic E-state index is -0.0191. The van der Waals surface area contributed by atoms with Gasteiger partial charge in [-0.05, 0) is 42.5 Å². The zero-order valence-corrected chi connectivity index (χ0v) is 20.6. The topological polar surface area (TPSA) is 50.3 Å². The molecule has 1 aliphatic heterocycles. The predicted octanol–water partition coefficient (Wildman–Crippen LogP) is 6.78. The quantitative estimate of drug-likeness (QED) is 0.430. The Bertz CT molecular complexity index is 1050. The highest BCUT2D eigenvalue weighted by Gasteiger charge is 2.22. The number of rotatable bonds is 7. The summed E-state index contributed by atoms with van der Waals surface area (Å²) in [6, 6.07) is 12.1. The van der Waals surface area contributed by atoms with Crippen LogP contribution in [0, 0.1) is 5.92 Å². The first-order valence-electron chi connectivity index (χ1n) is 11.5. The Labute approximate surface area is 195 Å². The van der Waals surface area contributed by atoms with Gasteiger partial charge < -0.3 is 10.1 Å². The second-order valence-electron chi connectivity index (χ2n) is 9.93. The van der Waals surface area contributed by atoms with Crippen molar-refractivity contribution in [1.82, 2.24) is 14.9 Å². The molecule has 1 aromatic carbocycles. The lowest BCUT2D eigenvalue weighted by Crippen LogP contribution is -2.31. The van der Waals surface area contributed by atoms with Gasteiger partial charge in [-0.1, -0.05) is 52.8 Å². The molecule has 0 atom stereocenters. The molecule has 4 rings (SSSR count). The molecule has 0 fully saturated rings. The fourth-order valence-corrected chi connectivity index (χ4v) is 4.96. The number of hydrogen-bond acceptors (Lipinski definition) is 6. The molecule has 0 unspecified atom stereocenters. The van der Waals surface area contributed by atoms with E-state index in [1.165, 1.54) is 17.0 Å². The van der Waals surface area contributed by atoms with Crippen molar-refractivity contribution in [2.24, 2.45) is 5.92 Å². The van der Waals surface area contributed by atoms with Crippen LogP contribution < -0.4 is 10.1 Å². The summed E-state index contributed by atoms with van der Waals surface area (Å²) in [6.07, 6.45) is 4.02. The Balaban J connectivity index is 1.51. The predicted molar refractivity (Wildman–Crippen MR) is 133 cm³/mol. The van der Waals surface area contributed by atoms with Crippen molar-refractivity contribution < 1.29 is 4.74 Å². The fourth-order valence-electron chi connectivity index (χ4n) is 3.90. The number of fused-ring (bicyclic) bond motifs is 1. The van der Waals surface area contributed by atoms with Crippen LogP contribution in [0.1, 0.15) is 57.2 Å². The summed E-state index contributed by atoms with van der Waals surface area (Å²) in [5.74, 6) is 2.14. The number of ether oxygens (including phenoxy) is 1. The SMILES string of the molecule is CC(C)CCN1CCc2nc(Nc3cccnc3Oc3ccccc3C(C)(C)C)sc2C1. The molecular formula is C26H34N4OS. The summed E-state index contributed by atoms with van der Waals surface area (Å²) in [4.78, 5) is 13.3. The number of pyridine rings is 1. The summed E-state index contributed by atoms with van der Waals surface area (Å²) < 4.78 is 6.31. The van der Waals surface area contributed by atoms with Crippen LogP contribution in [0.5, 0.6) is 11.6 Å². The first-order valence-corrected chi connectivity index (χ1v) is 12.3. The van der Waals surface area contributed by atoms with Crippen LogP contribution in [0.4, 0.5) is 10.8 Å². The Morgan fingerprint density at radius 1 is 1.16 bits per heavy atom. The van der Waals surface area contributed by atoms with E-state index in [2.05, 4.69) is 62.0 Å². The maximum atomic E-state index is 6.31. The zero-order valence-electron chi connectivity index (χ0n) is 19.8. The molecule has 3 aromatic rings. The van der Waals surface area contributed by atoms with Gasteiger partial charge >= 0.3 is 0 Å². The fraction of sp³-hybridized carbons (Fsp3) is 0.462. The Kier molecular flexibility index (Phi) is 6.82. The molecule has 32 heavy (non-hydrogen) atoms. The van der Waals surface area contributed by atoms with E-state index in [9.17, 15) is 0 Å². The number of nitrogens with zero attached hydrogens (tertiary/aromatic N) is 3. The van der Waals surface area contributed by atoms with E-state index in [1.54, 1.807) is 17.5 Å². The molecule has 0 saturated heterocycles. The molecule has 5 nitrogen and oxygen atoms in total. The van der Waals surface area contributed by atoms with Crippen LogP contribution in [0.3, 0.4) is 0 Å². The average molecular weight is 451 g/mol. The lowest BCUT2D eigenvalue weighted by atomic mass is 9.86. The summed E-state index contributed by atoms with van der Waals surface area (Å²) in [6.45, 7) is 14.4. The summed E-state index contributed by atoms with van der Waals surface area (Å²) in [5, 5.41) is 4.38. The lowest BCUT2D eigenvalue weighted by molar-refractivity contribution is 0.241. The molecule has 0 saturated carbocycles. The van der Waals surface area contributed by atoms with Crippen molar-refractivity contribution in [2.45, 2.75) is 59.4 Å². The van der Waals surface area contributed by atoms with Crippen molar-refractivity contribution in [2.75, 3.05) is 18.4 Å². The van der Waals surface area contributed by atoms with E-state index in [4.69, 9.17) is 9.72 Å². The summed E-state index contributed by atoms with van der Waals surface area (Å²) >= 11 is 1.74.